The van der Waals surface area contributed by atoms with E-state index in [9.17, 15) is 0 Å². The fraction of sp³-hybridized carbons (Fsp3) is 0.235. The highest BCUT2D eigenvalue weighted by atomic mass is 16.5. The maximum atomic E-state index is 5.57. The van der Waals surface area contributed by atoms with E-state index < -0.39 is 0 Å². The van der Waals surface area contributed by atoms with Crippen molar-refractivity contribution in [2.45, 2.75) is 0 Å². The van der Waals surface area contributed by atoms with E-state index in [1.165, 1.54) is 11.1 Å². The maximum Gasteiger partial charge on any atom is 0.119 e. The number of benzene rings is 2. The van der Waals surface area contributed by atoms with E-state index in [-0.39, 0.29) is 0 Å². The molecule has 0 bridgehead atoms. The molecule has 3 rings (SSSR count). The molecule has 0 unspecified atom stereocenters. The Labute approximate surface area is 123 Å². The smallest absolute Gasteiger partial charge is 0.119 e. The number of ether oxygens (including phenoxy) is 2. The summed E-state index contributed by atoms with van der Waals surface area (Å²) in [5.41, 5.74) is 3.48. The third-order valence-electron chi connectivity index (χ3n) is 3.49. The lowest BCUT2D eigenvalue weighted by Gasteiger charge is -2.07. The van der Waals surface area contributed by atoms with Crippen LogP contribution in [0.5, 0.6) is 5.75 Å². The van der Waals surface area contributed by atoms with Crippen LogP contribution in [0.15, 0.2) is 48.7 Å². The van der Waals surface area contributed by atoms with Crippen molar-refractivity contribution in [3.05, 3.63) is 48.7 Å². The molecule has 3 aromatic rings. The Morgan fingerprint density at radius 2 is 1.76 bits per heavy atom. The highest BCUT2D eigenvalue weighted by Gasteiger charge is 2.03. The largest absolute Gasteiger partial charge is 0.491 e. The first-order valence-electron chi connectivity index (χ1n) is 6.92. The van der Waals surface area contributed by atoms with Crippen LogP contribution in [0.4, 0.5) is 0 Å². The van der Waals surface area contributed by atoms with Crippen LogP contribution >= 0.6 is 0 Å². The summed E-state index contributed by atoms with van der Waals surface area (Å²) < 4.78 is 12.4. The molecule has 2 aromatic carbocycles. The van der Waals surface area contributed by atoms with Gasteiger partial charge >= 0.3 is 0 Å². The molecule has 0 aliphatic heterocycles. The lowest BCUT2D eigenvalue weighted by atomic mass is 10.0. The molecule has 0 N–H and O–H groups in total. The third kappa shape index (κ3) is 2.90. The van der Waals surface area contributed by atoms with Gasteiger partial charge in [-0.05, 0) is 35.4 Å². The van der Waals surface area contributed by atoms with Gasteiger partial charge in [0.05, 0.1) is 18.3 Å². The van der Waals surface area contributed by atoms with E-state index in [2.05, 4.69) is 35.4 Å². The van der Waals surface area contributed by atoms with Gasteiger partial charge < -0.3 is 9.47 Å². The molecule has 0 spiro atoms. The van der Waals surface area contributed by atoms with Crippen LogP contribution in [-0.4, -0.2) is 30.1 Å². The van der Waals surface area contributed by atoms with Crippen LogP contribution in [-0.2, 0) is 11.8 Å². The first-order valence-corrected chi connectivity index (χ1v) is 6.92. The fourth-order valence-electron chi connectivity index (χ4n) is 2.33. The number of hydrogen-bond donors (Lipinski definition) is 0. The fourth-order valence-corrected chi connectivity index (χ4v) is 2.33. The molecule has 0 aliphatic carbocycles. The molecule has 4 nitrogen and oxygen atoms in total. The van der Waals surface area contributed by atoms with Crippen molar-refractivity contribution in [3.8, 4) is 16.9 Å². The van der Waals surface area contributed by atoms with Gasteiger partial charge in [0.2, 0.25) is 0 Å². The summed E-state index contributed by atoms with van der Waals surface area (Å²) in [6.07, 6.45) is 1.89. The predicted molar refractivity (Wildman–Crippen MR) is 83.5 cm³/mol. The van der Waals surface area contributed by atoms with Gasteiger partial charge in [0, 0.05) is 19.5 Å². The zero-order valence-electron chi connectivity index (χ0n) is 12.2. The normalized spacial score (nSPS) is 11.0. The number of aromatic nitrogens is 2. The van der Waals surface area contributed by atoms with Crippen LogP contribution in [0.25, 0.3) is 22.0 Å². The molecule has 21 heavy (non-hydrogen) atoms. The van der Waals surface area contributed by atoms with Crippen molar-refractivity contribution in [1.29, 1.82) is 0 Å². The number of aryl methyl sites for hydroxylation is 1. The molecule has 0 saturated heterocycles. The van der Waals surface area contributed by atoms with Crippen LogP contribution in [0.2, 0.25) is 0 Å². The summed E-state index contributed by atoms with van der Waals surface area (Å²) in [7, 11) is 3.62. The second-order valence-corrected chi connectivity index (χ2v) is 4.91. The average molecular weight is 282 g/mol. The van der Waals surface area contributed by atoms with Gasteiger partial charge in [0.1, 0.15) is 12.4 Å². The van der Waals surface area contributed by atoms with Crippen molar-refractivity contribution < 1.29 is 9.47 Å². The first kappa shape index (κ1) is 13.6. The molecule has 0 amide bonds. The number of fused-ring (bicyclic) bond motifs is 1. The molecule has 0 aliphatic rings. The van der Waals surface area contributed by atoms with E-state index in [0.29, 0.717) is 13.2 Å². The first-order chi connectivity index (χ1) is 10.3. The minimum Gasteiger partial charge on any atom is -0.491 e. The van der Waals surface area contributed by atoms with Crippen LogP contribution in [0, 0.1) is 0 Å². The second kappa shape index (κ2) is 5.97. The van der Waals surface area contributed by atoms with E-state index in [1.807, 2.05) is 30.1 Å². The Hall–Kier alpha value is -2.33. The van der Waals surface area contributed by atoms with Gasteiger partial charge in [-0.15, -0.1) is 0 Å². The summed E-state index contributed by atoms with van der Waals surface area (Å²) in [5.74, 6) is 0.859. The van der Waals surface area contributed by atoms with E-state index in [0.717, 1.165) is 16.7 Å². The van der Waals surface area contributed by atoms with Gasteiger partial charge in [0.15, 0.2) is 0 Å². The number of nitrogens with zero attached hydrogens (tertiary/aromatic N) is 2. The van der Waals surface area contributed by atoms with Crippen molar-refractivity contribution in [2.24, 2.45) is 7.05 Å². The van der Waals surface area contributed by atoms with Crippen LogP contribution < -0.4 is 4.74 Å². The van der Waals surface area contributed by atoms with Crippen LogP contribution in [0.1, 0.15) is 0 Å². The van der Waals surface area contributed by atoms with Gasteiger partial charge in [0.25, 0.3) is 0 Å². The maximum absolute atomic E-state index is 5.57. The average Bonchev–Trinajstić information content (AvgIpc) is 2.89. The van der Waals surface area contributed by atoms with Crippen molar-refractivity contribution in [3.63, 3.8) is 0 Å². The monoisotopic (exact) mass is 282 g/mol. The molecule has 108 valence electrons. The molecule has 1 heterocycles. The lowest BCUT2D eigenvalue weighted by molar-refractivity contribution is 0.146. The summed E-state index contributed by atoms with van der Waals surface area (Å²) >= 11 is 0. The Kier molecular flexibility index (Phi) is 3.88. The highest BCUT2D eigenvalue weighted by molar-refractivity contribution is 5.84. The molecule has 0 atom stereocenters. The van der Waals surface area contributed by atoms with Gasteiger partial charge in [-0.25, -0.2) is 0 Å². The van der Waals surface area contributed by atoms with E-state index >= 15 is 0 Å². The summed E-state index contributed by atoms with van der Waals surface area (Å²) in [6.45, 7) is 1.16. The Bertz CT molecular complexity index is 732. The van der Waals surface area contributed by atoms with Gasteiger partial charge in [-0.3, -0.25) is 4.68 Å². The zero-order valence-corrected chi connectivity index (χ0v) is 12.2. The topological polar surface area (TPSA) is 36.3 Å². The van der Waals surface area contributed by atoms with Crippen LogP contribution in [0.3, 0.4) is 0 Å². The van der Waals surface area contributed by atoms with E-state index in [4.69, 9.17) is 9.47 Å². The number of rotatable bonds is 5. The lowest BCUT2D eigenvalue weighted by Crippen LogP contribution is -2.03. The summed E-state index contributed by atoms with van der Waals surface area (Å²) in [6, 6.07) is 14.5. The standard InChI is InChI=1S/C17H18N2O2/c1-19-17-8-5-14(11-15(17)12-18-19)13-3-6-16(7-4-13)21-10-9-20-2/h3-8,11-12H,9-10H2,1-2H3. The molecular formula is C17H18N2O2. The zero-order chi connectivity index (χ0) is 14.7. The van der Waals surface area contributed by atoms with Crippen molar-refractivity contribution in [2.75, 3.05) is 20.3 Å². The Morgan fingerprint density at radius 1 is 1.00 bits per heavy atom. The quantitative estimate of drug-likeness (QED) is 0.674. The van der Waals surface area contributed by atoms with Crippen molar-refractivity contribution in [1.82, 2.24) is 9.78 Å². The molecule has 0 saturated carbocycles. The Balaban J connectivity index is 1.81. The number of methoxy groups -OCH3 is 1. The molecule has 0 radical (unpaired) electrons. The molecule has 4 heteroatoms. The minimum absolute atomic E-state index is 0.567. The van der Waals surface area contributed by atoms with Gasteiger partial charge in [-0.2, -0.15) is 5.10 Å². The summed E-state index contributed by atoms with van der Waals surface area (Å²) in [4.78, 5) is 0. The Morgan fingerprint density at radius 3 is 2.52 bits per heavy atom. The SMILES string of the molecule is COCCOc1ccc(-c2ccc3c(cnn3C)c2)cc1. The number of hydrogen-bond acceptors (Lipinski definition) is 3. The van der Waals surface area contributed by atoms with E-state index in [1.54, 1.807) is 7.11 Å². The predicted octanol–water partition coefficient (Wildman–Crippen LogP) is 3.27. The third-order valence-corrected chi connectivity index (χ3v) is 3.49. The minimum atomic E-state index is 0.567. The van der Waals surface area contributed by atoms with Gasteiger partial charge in [-0.1, -0.05) is 18.2 Å². The van der Waals surface area contributed by atoms with Crippen molar-refractivity contribution >= 4 is 10.9 Å². The summed E-state index contributed by atoms with van der Waals surface area (Å²) in [5, 5.41) is 5.42. The highest BCUT2D eigenvalue weighted by Crippen LogP contribution is 2.25. The molecule has 1 aromatic heterocycles. The molecular weight excluding hydrogens is 264 g/mol. The molecule has 0 fully saturated rings. The second-order valence-electron chi connectivity index (χ2n) is 4.91.